The molecule has 0 aliphatic rings. The minimum Gasteiger partial charge on any atom is -0.360 e. The second kappa shape index (κ2) is 6.69. The van der Waals surface area contributed by atoms with Gasteiger partial charge in [0.25, 0.3) is 0 Å². The maximum absolute atomic E-state index is 11.7. The van der Waals surface area contributed by atoms with E-state index < -0.39 is 0 Å². The van der Waals surface area contributed by atoms with Gasteiger partial charge in [-0.1, -0.05) is 35.0 Å². The van der Waals surface area contributed by atoms with Gasteiger partial charge in [0, 0.05) is 6.07 Å². The Morgan fingerprint density at radius 1 is 1.14 bits per heavy atom. The number of nitrogens with zero attached hydrogens (tertiary/aromatic N) is 1. The number of carbonyl (C=O) groups excluding carboxylic acids is 2. The summed E-state index contributed by atoms with van der Waals surface area (Å²) in [5.41, 5.74) is 2.05. The van der Waals surface area contributed by atoms with E-state index in [1.165, 1.54) is 0 Å². The summed E-state index contributed by atoms with van der Waals surface area (Å²) in [4.78, 5) is 23.3. The van der Waals surface area contributed by atoms with Gasteiger partial charge in [0.05, 0.1) is 13.0 Å². The molecule has 1 heterocycles. The molecule has 6 nitrogen and oxygen atoms in total. The van der Waals surface area contributed by atoms with E-state index in [9.17, 15) is 9.59 Å². The van der Waals surface area contributed by atoms with Crippen molar-refractivity contribution in [2.45, 2.75) is 20.3 Å². The minimum atomic E-state index is -0.347. The zero-order chi connectivity index (χ0) is 15.2. The molecule has 2 amide bonds. The topological polar surface area (TPSA) is 84.2 Å². The zero-order valence-electron chi connectivity index (χ0n) is 12.0. The summed E-state index contributed by atoms with van der Waals surface area (Å²) < 4.78 is 4.83. The van der Waals surface area contributed by atoms with Gasteiger partial charge < -0.3 is 15.2 Å². The van der Waals surface area contributed by atoms with E-state index >= 15 is 0 Å². The average molecular weight is 287 g/mol. The number of aromatic nitrogens is 1. The van der Waals surface area contributed by atoms with Gasteiger partial charge in [0.15, 0.2) is 5.82 Å². The summed E-state index contributed by atoms with van der Waals surface area (Å²) in [6.45, 7) is 3.61. The third-order valence-electron chi connectivity index (χ3n) is 2.83. The molecule has 0 aliphatic heterocycles. The molecule has 0 saturated carbocycles. The van der Waals surface area contributed by atoms with Crippen molar-refractivity contribution in [3.05, 3.63) is 47.2 Å². The number of hydrogen-bond acceptors (Lipinski definition) is 4. The Morgan fingerprint density at radius 3 is 2.48 bits per heavy atom. The molecule has 2 N–H and O–H groups in total. The van der Waals surface area contributed by atoms with Crippen molar-refractivity contribution in [3.63, 3.8) is 0 Å². The summed E-state index contributed by atoms with van der Waals surface area (Å²) in [5.74, 6) is 0.393. The first-order valence-corrected chi connectivity index (χ1v) is 6.58. The molecule has 0 radical (unpaired) electrons. The molecule has 0 saturated heterocycles. The highest BCUT2D eigenvalue weighted by atomic mass is 16.5. The van der Waals surface area contributed by atoms with E-state index in [0.717, 1.165) is 11.1 Å². The van der Waals surface area contributed by atoms with Crippen LogP contribution in [0.1, 0.15) is 16.9 Å². The second-order valence-electron chi connectivity index (χ2n) is 4.81. The van der Waals surface area contributed by atoms with Gasteiger partial charge in [0.1, 0.15) is 5.76 Å². The average Bonchev–Trinajstić information content (AvgIpc) is 2.84. The normalized spacial score (nSPS) is 10.2. The van der Waals surface area contributed by atoms with E-state index in [4.69, 9.17) is 4.52 Å². The molecule has 2 aromatic rings. The molecule has 0 aliphatic carbocycles. The Balaban J connectivity index is 1.75. The van der Waals surface area contributed by atoms with E-state index in [1.54, 1.807) is 13.0 Å². The van der Waals surface area contributed by atoms with Crippen LogP contribution in [0, 0.1) is 13.8 Å². The van der Waals surface area contributed by atoms with Crippen LogP contribution in [0.2, 0.25) is 0 Å². The maximum atomic E-state index is 11.7. The van der Waals surface area contributed by atoms with Gasteiger partial charge in [-0.05, 0) is 19.4 Å². The van der Waals surface area contributed by atoms with Crippen molar-refractivity contribution in [1.82, 2.24) is 10.5 Å². The molecule has 0 spiro atoms. The van der Waals surface area contributed by atoms with Crippen LogP contribution in [0.25, 0.3) is 0 Å². The molecule has 0 fully saturated rings. The van der Waals surface area contributed by atoms with Gasteiger partial charge in [-0.15, -0.1) is 0 Å². The highest BCUT2D eigenvalue weighted by molar-refractivity contribution is 5.94. The number of anilines is 1. The number of carbonyl (C=O) groups is 2. The Morgan fingerprint density at radius 2 is 1.86 bits per heavy atom. The standard InChI is InChI=1S/C15H17N3O3/c1-10-3-5-12(6-4-10)8-14(19)16-9-15(20)17-13-7-11(2)21-18-13/h3-7H,8-9H2,1-2H3,(H,16,19)(H,17,18,20). The number of aryl methyl sites for hydroxylation is 2. The molecular formula is C15H17N3O3. The lowest BCUT2D eigenvalue weighted by Crippen LogP contribution is -2.33. The first-order valence-electron chi connectivity index (χ1n) is 6.58. The first kappa shape index (κ1) is 14.8. The molecular weight excluding hydrogens is 270 g/mol. The molecule has 1 aromatic carbocycles. The largest absolute Gasteiger partial charge is 0.360 e. The number of benzene rings is 1. The van der Waals surface area contributed by atoms with E-state index in [1.807, 2.05) is 31.2 Å². The van der Waals surface area contributed by atoms with Gasteiger partial charge in [-0.25, -0.2) is 0 Å². The van der Waals surface area contributed by atoms with Gasteiger partial charge in [0.2, 0.25) is 11.8 Å². The fraction of sp³-hybridized carbons (Fsp3) is 0.267. The number of rotatable bonds is 5. The fourth-order valence-electron chi connectivity index (χ4n) is 1.75. The minimum absolute atomic E-state index is 0.101. The SMILES string of the molecule is Cc1ccc(CC(=O)NCC(=O)Nc2cc(C)on2)cc1. The predicted molar refractivity (Wildman–Crippen MR) is 77.8 cm³/mol. The third-order valence-corrected chi connectivity index (χ3v) is 2.83. The summed E-state index contributed by atoms with van der Waals surface area (Å²) in [5, 5.41) is 8.73. The molecule has 0 unspecified atom stereocenters. The highest BCUT2D eigenvalue weighted by Crippen LogP contribution is 2.06. The van der Waals surface area contributed by atoms with E-state index in [-0.39, 0.29) is 24.8 Å². The van der Waals surface area contributed by atoms with Crippen molar-refractivity contribution in [1.29, 1.82) is 0 Å². The van der Waals surface area contributed by atoms with Crippen LogP contribution >= 0.6 is 0 Å². The number of amides is 2. The molecule has 21 heavy (non-hydrogen) atoms. The fourth-order valence-corrected chi connectivity index (χ4v) is 1.75. The van der Waals surface area contributed by atoms with Crippen molar-refractivity contribution in [2.24, 2.45) is 0 Å². The summed E-state index contributed by atoms with van der Waals surface area (Å²) in [6, 6.07) is 9.29. The summed E-state index contributed by atoms with van der Waals surface area (Å²) >= 11 is 0. The van der Waals surface area contributed by atoms with Crippen molar-refractivity contribution >= 4 is 17.6 Å². The van der Waals surface area contributed by atoms with Crippen LogP contribution in [-0.2, 0) is 16.0 Å². The smallest absolute Gasteiger partial charge is 0.245 e. The monoisotopic (exact) mass is 287 g/mol. The zero-order valence-corrected chi connectivity index (χ0v) is 12.0. The lowest BCUT2D eigenvalue weighted by atomic mass is 10.1. The molecule has 6 heteroatoms. The third kappa shape index (κ3) is 4.76. The van der Waals surface area contributed by atoms with E-state index in [0.29, 0.717) is 11.6 Å². The highest BCUT2D eigenvalue weighted by Gasteiger charge is 2.08. The van der Waals surface area contributed by atoms with Crippen molar-refractivity contribution in [3.8, 4) is 0 Å². The molecule has 1 aromatic heterocycles. The lowest BCUT2D eigenvalue weighted by molar-refractivity contribution is -0.123. The first-order chi connectivity index (χ1) is 10.0. The van der Waals surface area contributed by atoms with E-state index in [2.05, 4.69) is 15.8 Å². The quantitative estimate of drug-likeness (QED) is 0.874. The van der Waals surface area contributed by atoms with Crippen molar-refractivity contribution in [2.75, 3.05) is 11.9 Å². The van der Waals surface area contributed by atoms with Crippen LogP contribution in [0.4, 0.5) is 5.82 Å². The predicted octanol–water partition coefficient (Wildman–Crippen LogP) is 1.59. The Kier molecular flexibility index (Phi) is 4.71. The van der Waals surface area contributed by atoms with Crippen LogP contribution in [0.15, 0.2) is 34.9 Å². The van der Waals surface area contributed by atoms with Crippen LogP contribution in [0.3, 0.4) is 0 Å². The Hall–Kier alpha value is -2.63. The number of nitrogens with one attached hydrogen (secondary N) is 2. The lowest BCUT2D eigenvalue weighted by Gasteiger charge is -2.05. The summed E-state index contributed by atoms with van der Waals surface area (Å²) in [6.07, 6.45) is 0.247. The van der Waals surface area contributed by atoms with Gasteiger partial charge in [-0.2, -0.15) is 0 Å². The molecule has 2 rings (SSSR count). The molecule has 0 bridgehead atoms. The second-order valence-corrected chi connectivity index (χ2v) is 4.81. The van der Waals surface area contributed by atoms with Crippen LogP contribution in [0.5, 0.6) is 0 Å². The van der Waals surface area contributed by atoms with Gasteiger partial charge in [-0.3, -0.25) is 9.59 Å². The summed E-state index contributed by atoms with van der Waals surface area (Å²) in [7, 11) is 0. The van der Waals surface area contributed by atoms with Crippen LogP contribution in [-0.4, -0.2) is 23.5 Å². The maximum Gasteiger partial charge on any atom is 0.245 e. The molecule has 0 atom stereocenters. The Bertz CT molecular complexity index is 632. The van der Waals surface area contributed by atoms with Crippen LogP contribution < -0.4 is 10.6 Å². The number of hydrogen-bond donors (Lipinski definition) is 2. The van der Waals surface area contributed by atoms with Crippen molar-refractivity contribution < 1.29 is 14.1 Å². The molecule has 110 valence electrons. The van der Waals surface area contributed by atoms with Gasteiger partial charge >= 0.3 is 0 Å². The Labute approximate surface area is 122 Å².